The topological polar surface area (TPSA) is 42.1 Å². The number of nitrogens with two attached hydrogens (primary N) is 1. The Hall–Kier alpha value is -1.39. The Balaban J connectivity index is 2.08. The van der Waals surface area contributed by atoms with Crippen molar-refractivity contribution in [1.82, 2.24) is 4.98 Å². The van der Waals surface area contributed by atoms with Crippen LogP contribution in [0.1, 0.15) is 24.5 Å². The first-order valence-electron chi connectivity index (χ1n) is 7.24. The highest BCUT2D eigenvalue weighted by atomic mass is 79.9. The van der Waals surface area contributed by atoms with Gasteiger partial charge in [-0.3, -0.25) is 4.98 Å². The van der Waals surface area contributed by atoms with Crippen molar-refractivity contribution in [1.29, 1.82) is 0 Å². The molecule has 2 N–H and O–H groups in total. The van der Waals surface area contributed by atoms with Crippen molar-refractivity contribution in [3.63, 3.8) is 0 Å². The molecule has 0 aliphatic carbocycles. The molecule has 3 nitrogen and oxygen atoms in total. The van der Waals surface area contributed by atoms with E-state index in [-0.39, 0.29) is 6.04 Å². The lowest BCUT2D eigenvalue weighted by Gasteiger charge is -2.21. The molecule has 0 saturated heterocycles. The Bertz CT molecular complexity index is 572. The monoisotopic (exact) mass is 347 g/mol. The highest BCUT2D eigenvalue weighted by molar-refractivity contribution is 9.10. The van der Waals surface area contributed by atoms with Crippen molar-refractivity contribution in [3.05, 3.63) is 58.3 Å². The van der Waals surface area contributed by atoms with E-state index in [0.29, 0.717) is 0 Å². The van der Waals surface area contributed by atoms with Crippen LogP contribution in [0.5, 0.6) is 0 Å². The van der Waals surface area contributed by atoms with Crippen LogP contribution in [0, 0.1) is 0 Å². The van der Waals surface area contributed by atoms with Crippen LogP contribution in [-0.4, -0.2) is 18.1 Å². The molecule has 112 valence electrons. The number of rotatable bonds is 6. The van der Waals surface area contributed by atoms with Crippen molar-refractivity contribution in [3.8, 4) is 0 Å². The van der Waals surface area contributed by atoms with Crippen LogP contribution in [0.25, 0.3) is 0 Å². The van der Waals surface area contributed by atoms with E-state index < -0.39 is 0 Å². The molecule has 1 unspecified atom stereocenters. The zero-order valence-electron chi connectivity index (χ0n) is 12.6. The van der Waals surface area contributed by atoms with Crippen molar-refractivity contribution in [2.24, 2.45) is 5.73 Å². The van der Waals surface area contributed by atoms with E-state index in [1.807, 2.05) is 12.3 Å². The number of nitrogens with zero attached hydrogens (tertiary/aromatic N) is 2. The fraction of sp³-hybridized carbons (Fsp3) is 0.353. The Morgan fingerprint density at radius 2 is 2.14 bits per heavy atom. The summed E-state index contributed by atoms with van der Waals surface area (Å²) < 4.78 is 1.13. The minimum atomic E-state index is 0.222. The third-order valence-electron chi connectivity index (χ3n) is 3.63. The lowest BCUT2D eigenvalue weighted by molar-refractivity contribution is 0.645. The summed E-state index contributed by atoms with van der Waals surface area (Å²) in [4.78, 5) is 6.37. The maximum absolute atomic E-state index is 6.04. The smallest absolute Gasteiger partial charge is 0.0441 e. The molecule has 1 heterocycles. The van der Waals surface area contributed by atoms with Crippen LogP contribution in [0.4, 0.5) is 5.69 Å². The van der Waals surface area contributed by atoms with Crippen LogP contribution in [0.3, 0.4) is 0 Å². The van der Waals surface area contributed by atoms with Gasteiger partial charge < -0.3 is 10.6 Å². The van der Waals surface area contributed by atoms with Crippen LogP contribution in [0.15, 0.2) is 47.2 Å². The molecule has 0 fully saturated rings. The number of benzene rings is 1. The van der Waals surface area contributed by atoms with E-state index in [1.54, 1.807) is 6.20 Å². The first-order valence-corrected chi connectivity index (χ1v) is 8.03. The van der Waals surface area contributed by atoms with Gasteiger partial charge in [-0.25, -0.2) is 0 Å². The maximum atomic E-state index is 6.04. The highest BCUT2D eigenvalue weighted by Gasteiger charge is 2.08. The summed E-state index contributed by atoms with van der Waals surface area (Å²) in [6.45, 7) is 2.96. The van der Waals surface area contributed by atoms with Crippen molar-refractivity contribution in [2.75, 3.05) is 11.9 Å². The molecule has 0 amide bonds. The second-order valence-corrected chi connectivity index (χ2v) is 6.22. The summed E-state index contributed by atoms with van der Waals surface area (Å²) in [5.41, 5.74) is 9.68. The van der Waals surface area contributed by atoms with E-state index in [2.05, 4.69) is 64.1 Å². The van der Waals surface area contributed by atoms with E-state index in [1.165, 1.54) is 16.8 Å². The zero-order chi connectivity index (χ0) is 15.2. The summed E-state index contributed by atoms with van der Waals surface area (Å²) in [6, 6.07) is 10.8. The van der Waals surface area contributed by atoms with E-state index >= 15 is 0 Å². The number of aromatic nitrogens is 1. The van der Waals surface area contributed by atoms with Gasteiger partial charge in [0, 0.05) is 42.2 Å². The minimum Gasteiger partial charge on any atom is -0.370 e. The van der Waals surface area contributed by atoms with Gasteiger partial charge in [0.2, 0.25) is 0 Å². The number of anilines is 1. The minimum absolute atomic E-state index is 0.222. The molecule has 1 aromatic carbocycles. The Morgan fingerprint density at radius 1 is 1.33 bits per heavy atom. The summed E-state index contributed by atoms with van der Waals surface area (Å²) in [6.07, 6.45) is 5.60. The number of hydrogen-bond acceptors (Lipinski definition) is 3. The number of pyridine rings is 1. The largest absolute Gasteiger partial charge is 0.370 e. The molecule has 0 aliphatic rings. The third kappa shape index (κ3) is 4.55. The molecule has 1 atom stereocenters. The van der Waals surface area contributed by atoms with Crippen LogP contribution >= 0.6 is 15.9 Å². The summed E-state index contributed by atoms with van der Waals surface area (Å²) >= 11 is 3.66. The quantitative estimate of drug-likeness (QED) is 0.864. The van der Waals surface area contributed by atoms with Gasteiger partial charge in [0.15, 0.2) is 0 Å². The predicted molar refractivity (Wildman–Crippen MR) is 92.5 cm³/mol. The van der Waals surface area contributed by atoms with E-state index in [9.17, 15) is 0 Å². The van der Waals surface area contributed by atoms with Gasteiger partial charge in [0.25, 0.3) is 0 Å². The number of hydrogen-bond donors (Lipinski definition) is 1. The summed E-state index contributed by atoms with van der Waals surface area (Å²) in [7, 11) is 2.09. The molecule has 0 spiro atoms. The van der Waals surface area contributed by atoms with Crippen molar-refractivity contribution in [2.45, 2.75) is 32.4 Å². The standard InChI is InChI=1S/C17H22BrN3/c1-3-15(19)9-14-6-7-16(10-17(14)18)21(2)12-13-5-4-8-20-11-13/h4-8,10-11,15H,3,9,12,19H2,1-2H3. The molecule has 21 heavy (non-hydrogen) atoms. The van der Waals surface area contributed by atoms with Crippen LogP contribution in [0.2, 0.25) is 0 Å². The summed E-state index contributed by atoms with van der Waals surface area (Å²) in [5.74, 6) is 0. The van der Waals surface area contributed by atoms with Crippen LogP contribution < -0.4 is 10.6 Å². The average molecular weight is 348 g/mol. The van der Waals surface area contributed by atoms with Gasteiger partial charge >= 0.3 is 0 Å². The zero-order valence-corrected chi connectivity index (χ0v) is 14.2. The second-order valence-electron chi connectivity index (χ2n) is 5.37. The molecule has 0 bridgehead atoms. The van der Waals surface area contributed by atoms with Gasteiger partial charge in [-0.05, 0) is 42.2 Å². The molecule has 0 saturated carbocycles. The van der Waals surface area contributed by atoms with Gasteiger partial charge in [0.05, 0.1) is 0 Å². The molecule has 2 aromatic rings. The van der Waals surface area contributed by atoms with Crippen molar-refractivity contribution < 1.29 is 0 Å². The van der Waals surface area contributed by atoms with Gasteiger partial charge in [-0.15, -0.1) is 0 Å². The molecule has 2 rings (SSSR count). The average Bonchev–Trinajstić information content (AvgIpc) is 2.50. The first-order chi connectivity index (χ1) is 10.1. The molecule has 4 heteroatoms. The fourth-order valence-electron chi connectivity index (χ4n) is 2.22. The van der Waals surface area contributed by atoms with Gasteiger partial charge in [-0.1, -0.05) is 35.0 Å². The Kier molecular flexibility index (Phi) is 5.76. The molecule has 1 aromatic heterocycles. The molecular formula is C17H22BrN3. The Labute approximate surface area is 135 Å². The van der Waals surface area contributed by atoms with E-state index in [0.717, 1.165) is 23.9 Å². The molecular weight excluding hydrogens is 326 g/mol. The van der Waals surface area contributed by atoms with Gasteiger partial charge in [0.1, 0.15) is 0 Å². The highest BCUT2D eigenvalue weighted by Crippen LogP contribution is 2.25. The van der Waals surface area contributed by atoms with Crippen LogP contribution in [-0.2, 0) is 13.0 Å². The molecule has 0 aliphatic heterocycles. The fourth-order valence-corrected chi connectivity index (χ4v) is 2.75. The normalized spacial score (nSPS) is 12.2. The van der Waals surface area contributed by atoms with Crippen molar-refractivity contribution >= 4 is 21.6 Å². The molecule has 0 radical (unpaired) electrons. The second kappa shape index (κ2) is 7.57. The number of halogens is 1. The summed E-state index contributed by atoms with van der Waals surface area (Å²) in [5, 5.41) is 0. The Morgan fingerprint density at radius 3 is 2.76 bits per heavy atom. The van der Waals surface area contributed by atoms with E-state index in [4.69, 9.17) is 5.73 Å². The third-order valence-corrected chi connectivity index (χ3v) is 4.36. The first kappa shape index (κ1) is 16.0. The SMILES string of the molecule is CCC(N)Cc1ccc(N(C)Cc2cccnc2)cc1Br. The lowest BCUT2D eigenvalue weighted by Crippen LogP contribution is -2.22. The lowest BCUT2D eigenvalue weighted by atomic mass is 10.0. The van der Waals surface area contributed by atoms with Gasteiger partial charge in [-0.2, -0.15) is 0 Å². The maximum Gasteiger partial charge on any atom is 0.0441 e. The predicted octanol–water partition coefficient (Wildman–Crippen LogP) is 3.76.